The topological polar surface area (TPSA) is 99.3 Å². The molecule has 3 aliphatic rings. The summed E-state index contributed by atoms with van der Waals surface area (Å²) in [7, 11) is 1.73. The third-order valence-corrected chi connectivity index (χ3v) is 7.37. The van der Waals surface area contributed by atoms with Gasteiger partial charge in [-0.25, -0.2) is 0 Å². The Bertz CT molecular complexity index is 962. The lowest BCUT2D eigenvalue weighted by Crippen LogP contribution is -2.50. The molecule has 1 saturated heterocycles. The second kappa shape index (κ2) is 8.94. The van der Waals surface area contributed by atoms with E-state index in [9.17, 15) is 9.59 Å². The Balaban J connectivity index is 1.39. The van der Waals surface area contributed by atoms with Gasteiger partial charge in [0.2, 0.25) is 5.91 Å². The average molecular weight is 438 g/mol. The Morgan fingerprint density at radius 1 is 1.22 bits per heavy atom. The molecule has 0 unspecified atom stereocenters. The average Bonchev–Trinajstić information content (AvgIpc) is 3.50. The first-order valence-electron chi connectivity index (χ1n) is 11.6. The van der Waals surface area contributed by atoms with Crippen molar-refractivity contribution in [2.24, 2.45) is 11.8 Å². The van der Waals surface area contributed by atoms with E-state index in [4.69, 9.17) is 4.74 Å². The van der Waals surface area contributed by atoms with Crippen LogP contribution in [-0.2, 0) is 9.53 Å². The number of benzene rings is 1. The molecule has 3 N–H and O–H groups in total. The number of likely N-dealkylation sites (tertiary alicyclic amines) is 1. The van der Waals surface area contributed by atoms with Crippen LogP contribution in [0.1, 0.15) is 54.1 Å². The summed E-state index contributed by atoms with van der Waals surface area (Å²) in [6.45, 7) is 1.35. The molecule has 170 valence electrons. The summed E-state index contributed by atoms with van der Waals surface area (Å²) in [5.74, 6) is 0.121. The molecule has 2 fully saturated rings. The molecule has 0 radical (unpaired) electrons. The fourth-order valence-corrected chi connectivity index (χ4v) is 5.86. The van der Waals surface area contributed by atoms with Gasteiger partial charge in [0, 0.05) is 37.5 Å². The molecule has 3 heterocycles. The highest BCUT2D eigenvalue weighted by molar-refractivity contribution is 5.94. The molecule has 5 rings (SSSR count). The Kier molecular flexibility index (Phi) is 5.87. The number of methoxy groups -OCH3 is 1. The van der Waals surface area contributed by atoms with Crippen molar-refractivity contribution < 1.29 is 14.3 Å². The molecular weight excluding hydrogens is 406 g/mol. The van der Waals surface area contributed by atoms with E-state index in [0.29, 0.717) is 18.1 Å². The van der Waals surface area contributed by atoms with Crippen LogP contribution in [0.15, 0.2) is 36.7 Å². The molecular formula is C24H31N5O3. The van der Waals surface area contributed by atoms with Crippen LogP contribution in [0.5, 0.6) is 0 Å². The van der Waals surface area contributed by atoms with Crippen molar-refractivity contribution in [3.63, 3.8) is 0 Å². The summed E-state index contributed by atoms with van der Waals surface area (Å²) < 4.78 is 5.49. The zero-order valence-corrected chi connectivity index (χ0v) is 18.4. The smallest absolute Gasteiger partial charge is 0.254 e. The number of fused-ring (bicyclic) bond motifs is 3. The number of carbonyl (C=O) groups is 2. The third-order valence-electron chi connectivity index (χ3n) is 7.37. The highest BCUT2D eigenvalue weighted by atomic mass is 16.5. The van der Waals surface area contributed by atoms with Crippen LogP contribution in [0, 0.1) is 11.8 Å². The Hall–Kier alpha value is -2.87. The molecule has 1 aromatic carbocycles. The number of nitrogens with zero attached hydrogens (tertiary/aromatic N) is 2. The van der Waals surface area contributed by atoms with E-state index in [-0.39, 0.29) is 35.9 Å². The van der Waals surface area contributed by atoms with Gasteiger partial charge in [0.15, 0.2) is 0 Å². The van der Waals surface area contributed by atoms with Gasteiger partial charge >= 0.3 is 0 Å². The van der Waals surface area contributed by atoms with Crippen LogP contribution in [0.25, 0.3) is 0 Å². The summed E-state index contributed by atoms with van der Waals surface area (Å²) in [5, 5.41) is 13.3. The second-order valence-electron chi connectivity index (χ2n) is 9.18. The first-order chi connectivity index (χ1) is 15.7. The van der Waals surface area contributed by atoms with Crippen molar-refractivity contribution in [3.05, 3.63) is 47.8 Å². The van der Waals surface area contributed by atoms with Crippen molar-refractivity contribution in [2.75, 3.05) is 25.6 Å². The predicted octanol–water partition coefficient (Wildman–Crippen LogP) is 2.73. The van der Waals surface area contributed by atoms with Gasteiger partial charge in [-0.1, -0.05) is 31.0 Å². The van der Waals surface area contributed by atoms with E-state index >= 15 is 0 Å². The van der Waals surface area contributed by atoms with Crippen molar-refractivity contribution in [1.29, 1.82) is 0 Å². The molecule has 2 aliphatic heterocycles. The molecule has 1 saturated carbocycles. The highest BCUT2D eigenvalue weighted by Crippen LogP contribution is 2.47. The number of H-pyrrole nitrogens is 1. The van der Waals surface area contributed by atoms with E-state index < -0.39 is 0 Å². The molecule has 8 nitrogen and oxygen atoms in total. The second-order valence-corrected chi connectivity index (χ2v) is 9.18. The van der Waals surface area contributed by atoms with Gasteiger partial charge in [0.05, 0.1) is 36.4 Å². The number of anilines is 1. The fourth-order valence-electron chi connectivity index (χ4n) is 5.86. The molecule has 5 atom stereocenters. The monoisotopic (exact) mass is 437 g/mol. The van der Waals surface area contributed by atoms with E-state index in [1.807, 2.05) is 12.1 Å². The predicted molar refractivity (Wildman–Crippen MR) is 120 cm³/mol. The minimum Gasteiger partial charge on any atom is -0.383 e. The van der Waals surface area contributed by atoms with Gasteiger partial charge in [-0.2, -0.15) is 5.10 Å². The molecule has 2 amide bonds. The van der Waals surface area contributed by atoms with Crippen LogP contribution < -0.4 is 10.6 Å². The maximum Gasteiger partial charge on any atom is 0.254 e. The first kappa shape index (κ1) is 21.0. The molecule has 8 heteroatoms. The van der Waals surface area contributed by atoms with Crippen molar-refractivity contribution in [2.45, 2.75) is 50.2 Å². The van der Waals surface area contributed by atoms with Crippen LogP contribution >= 0.6 is 0 Å². The summed E-state index contributed by atoms with van der Waals surface area (Å²) >= 11 is 0. The summed E-state index contributed by atoms with van der Waals surface area (Å²) in [6, 6.07) is 8.37. The van der Waals surface area contributed by atoms with Crippen molar-refractivity contribution >= 4 is 17.5 Å². The molecule has 1 aromatic heterocycles. The third kappa shape index (κ3) is 3.77. The zero-order chi connectivity index (χ0) is 22.1. The molecule has 2 aromatic rings. The number of carbonyl (C=O) groups excluding carboxylic acids is 2. The van der Waals surface area contributed by atoms with E-state index in [2.05, 4.69) is 37.9 Å². The molecule has 0 bridgehead atoms. The summed E-state index contributed by atoms with van der Waals surface area (Å²) in [5.41, 5.74) is 2.77. The fraction of sp³-hybridized carbons (Fsp3) is 0.542. The van der Waals surface area contributed by atoms with Crippen LogP contribution in [-0.4, -0.2) is 59.3 Å². The maximum atomic E-state index is 13.9. The lowest BCUT2D eigenvalue weighted by molar-refractivity contribution is -0.139. The lowest BCUT2D eigenvalue weighted by Gasteiger charge is -2.41. The minimum absolute atomic E-state index is 0.0484. The van der Waals surface area contributed by atoms with E-state index in [1.165, 1.54) is 11.8 Å². The number of hydrogen-bond donors (Lipinski definition) is 3. The van der Waals surface area contributed by atoms with E-state index in [0.717, 1.165) is 44.3 Å². The molecule has 32 heavy (non-hydrogen) atoms. The maximum absolute atomic E-state index is 13.9. The normalized spacial score (nSPS) is 29.0. The van der Waals surface area contributed by atoms with Gasteiger partial charge in [-0.05, 0) is 30.9 Å². The van der Waals surface area contributed by atoms with Gasteiger partial charge in [-0.3, -0.25) is 14.7 Å². The minimum atomic E-state index is -0.193. The number of amides is 2. The standard InChI is InChI=1S/C24H31N5O3/c1-32-14-21-17-10-11-29(22(17)16-6-2-4-8-19(16)27-21)24(31)18-7-3-5-9-20(18)28-23(30)15-12-25-26-13-15/h2,4,6,8,12-13,17-18,20-22,27H,3,5,7,9-11,14H2,1H3,(H,25,26)(H,28,30)/t17-,18+,20-,21+,22+/m1/s1. The van der Waals surface area contributed by atoms with Crippen molar-refractivity contribution in [3.8, 4) is 0 Å². The number of hydrogen-bond acceptors (Lipinski definition) is 5. The SMILES string of the molecule is COC[C@@H]1Nc2ccccc2[C@H]2[C@@H]1CCN2C(=O)[C@H]1CCCC[C@H]1NC(=O)c1cn[nH]c1. The lowest BCUT2D eigenvalue weighted by atomic mass is 9.81. The van der Waals surface area contributed by atoms with Crippen LogP contribution in [0.3, 0.4) is 0 Å². The number of aromatic amines is 1. The zero-order valence-electron chi connectivity index (χ0n) is 18.4. The number of aromatic nitrogens is 2. The molecule has 0 spiro atoms. The van der Waals surface area contributed by atoms with Gasteiger partial charge in [0.25, 0.3) is 5.91 Å². The van der Waals surface area contributed by atoms with E-state index in [1.54, 1.807) is 13.3 Å². The Labute approximate surface area is 188 Å². The quantitative estimate of drug-likeness (QED) is 0.668. The summed E-state index contributed by atoms with van der Waals surface area (Å²) in [4.78, 5) is 28.6. The number of ether oxygens (including phenoxy) is 1. The van der Waals surface area contributed by atoms with Gasteiger partial charge in [-0.15, -0.1) is 0 Å². The number of para-hydroxylation sites is 1. The van der Waals surface area contributed by atoms with Gasteiger partial charge in [0.1, 0.15) is 0 Å². The Morgan fingerprint density at radius 3 is 2.88 bits per heavy atom. The van der Waals surface area contributed by atoms with Crippen molar-refractivity contribution in [1.82, 2.24) is 20.4 Å². The molecule has 1 aliphatic carbocycles. The highest BCUT2D eigenvalue weighted by Gasteiger charge is 2.48. The van der Waals surface area contributed by atoms with Gasteiger partial charge < -0.3 is 20.3 Å². The number of rotatable bonds is 5. The van der Waals surface area contributed by atoms with Crippen LogP contribution in [0.2, 0.25) is 0 Å². The Morgan fingerprint density at radius 2 is 2.06 bits per heavy atom. The van der Waals surface area contributed by atoms with Crippen LogP contribution in [0.4, 0.5) is 5.69 Å². The number of nitrogens with one attached hydrogen (secondary N) is 3. The largest absolute Gasteiger partial charge is 0.383 e. The summed E-state index contributed by atoms with van der Waals surface area (Å²) in [6.07, 6.45) is 7.72. The first-order valence-corrected chi connectivity index (χ1v) is 11.6.